The van der Waals surface area contributed by atoms with E-state index in [1.165, 1.54) is 12.3 Å². The number of nitrogens with one attached hydrogen (secondary N) is 2. The molecule has 25 heavy (non-hydrogen) atoms. The van der Waals surface area contributed by atoms with Gasteiger partial charge in [0, 0.05) is 18.0 Å². The summed E-state index contributed by atoms with van der Waals surface area (Å²) in [7, 11) is 0. The summed E-state index contributed by atoms with van der Waals surface area (Å²) in [6.07, 6.45) is 5.05. The van der Waals surface area contributed by atoms with Gasteiger partial charge in [-0.15, -0.1) is 0 Å². The van der Waals surface area contributed by atoms with Gasteiger partial charge in [-0.2, -0.15) is 5.10 Å². The predicted molar refractivity (Wildman–Crippen MR) is 93.0 cm³/mol. The minimum absolute atomic E-state index is 0.225. The maximum Gasteiger partial charge on any atom is 0.268 e. The van der Waals surface area contributed by atoms with Crippen molar-refractivity contribution in [1.29, 1.82) is 0 Å². The van der Waals surface area contributed by atoms with Crippen LogP contribution in [0.3, 0.4) is 0 Å². The van der Waals surface area contributed by atoms with Crippen molar-refractivity contribution >= 4 is 11.8 Å². The number of aromatic amines is 1. The van der Waals surface area contributed by atoms with Crippen molar-refractivity contribution in [3.05, 3.63) is 77.4 Å². The molecule has 4 N–H and O–H groups in total. The second kappa shape index (κ2) is 7.04. The van der Waals surface area contributed by atoms with Crippen LogP contribution in [0.2, 0.25) is 0 Å². The van der Waals surface area contributed by atoms with Crippen LogP contribution in [0.25, 0.3) is 0 Å². The van der Waals surface area contributed by atoms with Crippen molar-refractivity contribution in [3.63, 3.8) is 0 Å². The average molecular weight is 337 g/mol. The molecule has 1 aromatic carbocycles. The number of carbonyl (C=O) groups excluding carboxylic acids is 2. The smallest absolute Gasteiger partial charge is 0.268 e. The third-order valence-corrected chi connectivity index (χ3v) is 3.90. The van der Waals surface area contributed by atoms with Gasteiger partial charge in [-0.1, -0.05) is 30.3 Å². The molecule has 0 radical (unpaired) electrons. The Labute approximate surface area is 144 Å². The first kappa shape index (κ1) is 16.5. The number of hydrogen-bond donors (Lipinski definition) is 3. The van der Waals surface area contributed by atoms with Crippen LogP contribution in [-0.4, -0.2) is 26.6 Å². The molecule has 0 aliphatic heterocycles. The summed E-state index contributed by atoms with van der Waals surface area (Å²) in [5, 5.41) is 7.20. The van der Waals surface area contributed by atoms with Crippen molar-refractivity contribution in [2.75, 3.05) is 0 Å². The Hall–Kier alpha value is -3.35. The van der Waals surface area contributed by atoms with E-state index >= 15 is 0 Å². The fourth-order valence-electron chi connectivity index (χ4n) is 2.49. The van der Waals surface area contributed by atoms with Gasteiger partial charge in [-0.05, 0) is 18.6 Å². The highest BCUT2D eigenvalue weighted by Gasteiger charge is 2.15. The fraction of sp³-hybridized carbons (Fsp3) is 0.167. The molecule has 3 aromatic rings. The summed E-state index contributed by atoms with van der Waals surface area (Å²) in [6, 6.07) is 11.2. The number of amides is 2. The second-order valence-corrected chi connectivity index (χ2v) is 5.82. The molecule has 2 amide bonds. The molecular weight excluding hydrogens is 318 g/mol. The van der Waals surface area contributed by atoms with Crippen LogP contribution >= 0.6 is 0 Å². The molecule has 7 heteroatoms. The molecule has 3 rings (SSSR count). The van der Waals surface area contributed by atoms with Gasteiger partial charge < -0.3 is 16.0 Å². The molecule has 0 fully saturated rings. The van der Waals surface area contributed by atoms with Crippen LogP contribution in [0.1, 0.15) is 44.9 Å². The number of nitrogens with zero attached hydrogens (tertiary/aromatic N) is 2. The van der Waals surface area contributed by atoms with E-state index in [9.17, 15) is 9.59 Å². The van der Waals surface area contributed by atoms with E-state index in [1.54, 1.807) is 6.20 Å². The molecule has 0 aliphatic rings. The average Bonchev–Trinajstić information content (AvgIpc) is 3.25. The minimum Gasteiger partial charge on any atom is -0.366 e. The number of nitrogens with two attached hydrogens (primary N) is 1. The Kier molecular flexibility index (Phi) is 4.65. The van der Waals surface area contributed by atoms with Crippen molar-refractivity contribution in [3.8, 4) is 0 Å². The van der Waals surface area contributed by atoms with E-state index in [1.807, 2.05) is 48.1 Å². The molecule has 2 heterocycles. The van der Waals surface area contributed by atoms with E-state index in [-0.39, 0.29) is 23.2 Å². The Morgan fingerprint density at radius 1 is 1.32 bits per heavy atom. The number of benzene rings is 1. The lowest BCUT2D eigenvalue weighted by molar-refractivity contribution is 0.0935. The van der Waals surface area contributed by atoms with Crippen LogP contribution in [-0.2, 0) is 6.54 Å². The summed E-state index contributed by atoms with van der Waals surface area (Å²) in [4.78, 5) is 26.1. The number of rotatable bonds is 6. The van der Waals surface area contributed by atoms with Gasteiger partial charge in [0.15, 0.2) is 0 Å². The molecule has 0 aliphatic carbocycles. The zero-order valence-electron chi connectivity index (χ0n) is 13.8. The molecular formula is C18H19N5O2. The van der Waals surface area contributed by atoms with E-state index in [2.05, 4.69) is 15.4 Å². The predicted octanol–water partition coefficient (Wildman–Crippen LogP) is 1.85. The van der Waals surface area contributed by atoms with Gasteiger partial charge in [0.25, 0.3) is 5.91 Å². The van der Waals surface area contributed by atoms with Crippen molar-refractivity contribution in [2.45, 2.75) is 19.5 Å². The molecule has 0 spiro atoms. The van der Waals surface area contributed by atoms with Gasteiger partial charge in [-0.25, -0.2) is 0 Å². The lowest BCUT2D eigenvalue weighted by atomic mass is 10.2. The largest absolute Gasteiger partial charge is 0.366 e. The van der Waals surface area contributed by atoms with E-state index in [0.717, 1.165) is 11.1 Å². The van der Waals surface area contributed by atoms with Crippen molar-refractivity contribution in [1.82, 2.24) is 20.1 Å². The van der Waals surface area contributed by atoms with Gasteiger partial charge in [0.05, 0.1) is 24.3 Å². The SMILES string of the molecule is CC(NC(=O)c1cc(C(N)=O)c[nH]1)c1cnn(Cc2ccccc2)c1. The topological polar surface area (TPSA) is 106 Å². The Bertz CT molecular complexity index is 882. The molecule has 0 saturated heterocycles. The molecule has 1 atom stereocenters. The van der Waals surface area contributed by atoms with Crippen LogP contribution in [0.5, 0.6) is 0 Å². The van der Waals surface area contributed by atoms with Crippen molar-refractivity contribution in [2.24, 2.45) is 5.73 Å². The summed E-state index contributed by atoms with van der Waals surface area (Å²) >= 11 is 0. The molecule has 2 aromatic heterocycles. The number of primary amides is 1. The minimum atomic E-state index is -0.578. The van der Waals surface area contributed by atoms with E-state index in [4.69, 9.17) is 5.73 Å². The summed E-state index contributed by atoms with van der Waals surface area (Å²) < 4.78 is 1.83. The third-order valence-electron chi connectivity index (χ3n) is 3.90. The van der Waals surface area contributed by atoms with Crippen LogP contribution < -0.4 is 11.1 Å². The second-order valence-electron chi connectivity index (χ2n) is 5.82. The maximum absolute atomic E-state index is 12.2. The van der Waals surface area contributed by atoms with Gasteiger partial charge in [0.2, 0.25) is 5.91 Å². The lowest BCUT2D eigenvalue weighted by Crippen LogP contribution is -2.26. The number of H-pyrrole nitrogens is 1. The first-order valence-electron chi connectivity index (χ1n) is 7.88. The van der Waals surface area contributed by atoms with Crippen LogP contribution in [0.4, 0.5) is 0 Å². The molecule has 7 nitrogen and oxygen atoms in total. The summed E-state index contributed by atoms with van der Waals surface area (Å²) in [5.74, 6) is -0.888. The zero-order chi connectivity index (χ0) is 17.8. The highest BCUT2D eigenvalue weighted by atomic mass is 16.2. The standard InChI is InChI=1S/C18H19N5O2/c1-12(22-18(25)16-7-14(8-20-16)17(19)24)15-9-21-23(11-15)10-13-5-3-2-4-6-13/h2-9,11-12,20H,10H2,1H3,(H2,19,24)(H,22,25). The monoisotopic (exact) mass is 337 g/mol. The van der Waals surface area contributed by atoms with Gasteiger partial charge in [0.1, 0.15) is 5.69 Å². The van der Waals surface area contributed by atoms with Crippen LogP contribution in [0, 0.1) is 0 Å². The van der Waals surface area contributed by atoms with Gasteiger partial charge >= 0.3 is 0 Å². The van der Waals surface area contributed by atoms with Gasteiger partial charge in [-0.3, -0.25) is 14.3 Å². The Morgan fingerprint density at radius 2 is 2.08 bits per heavy atom. The third kappa shape index (κ3) is 3.95. The zero-order valence-corrected chi connectivity index (χ0v) is 13.8. The summed E-state index contributed by atoms with van der Waals surface area (Å²) in [6.45, 7) is 2.54. The van der Waals surface area contributed by atoms with Crippen LogP contribution in [0.15, 0.2) is 55.0 Å². The summed E-state index contributed by atoms with van der Waals surface area (Å²) in [5.41, 5.74) is 7.79. The highest BCUT2D eigenvalue weighted by molar-refractivity contribution is 5.98. The Balaban J connectivity index is 1.64. The first-order chi connectivity index (χ1) is 12.0. The highest BCUT2D eigenvalue weighted by Crippen LogP contribution is 2.13. The number of carbonyl (C=O) groups is 2. The fourth-order valence-corrected chi connectivity index (χ4v) is 2.49. The molecule has 0 saturated carbocycles. The number of aromatic nitrogens is 3. The van der Waals surface area contributed by atoms with E-state index in [0.29, 0.717) is 6.54 Å². The first-order valence-corrected chi connectivity index (χ1v) is 7.88. The van der Waals surface area contributed by atoms with Crippen molar-refractivity contribution < 1.29 is 9.59 Å². The normalized spacial score (nSPS) is 11.9. The Morgan fingerprint density at radius 3 is 2.76 bits per heavy atom. The molecule has 1 unspecified atom stereocenters. The number of hydrogen-bond acceptors (Lipinski definition) is 3. The molecule has 128 valence electrons. The quantitative estimate of drug-likeness (QED) is 0.639. The lowest BCUT2D eigenvalue weighted by Gasteiger charge is -2.11. The molecule has 0 bridgehead atoms. The van der Waals surface area contributed by atoms with E-state index < -0.39 is 5.91 Å². The maximum atomic E-state index is 12.2.